The van der Waals surface area contributed by atoms with Crippen LogP contribution >= 0.6 is 11.6 Å². The fourth-order valence-corrected chi connectivity index (χ4v) is 3.04. The first-order valence-corrected chi connectivity index (χ1v) is 7.99. The molecule has 0 aliphatic carbocycles. The molecule has 3 rings (SSSR count). The van der Waals surface area contributed by atoms with Crippen LogP contribution in [0.4, 0.5) is 5.82 Å². The highest BCUT2D eigenvalue weighted by molar-refractivity contribution is 6.29. The third kappa shape index (κ3) is 3.35. The van der Waals surface area contributed by atoms with Gasteiger partial charge in [-0.3, -0.25) is 0 Å². The Morgan fingerprint density at radius 1 is 1.19 bits per heavy atom. The van der Waals surface area contributed by atoms with Gasteiger partial charge >= 0.3 is 0 Å². The average Bonchev–Trinajstić information content (AvgIpc) is 2.69. The number of anilines is 1. The largest absolute Gasteiger partial charge is 0.352 e. The second-order valence-electron chi connectivity index (χ2n) is 5.51. The van der Waals surface area contributed by atoms with E-state index in [1.165, 1.54) is 11.1 Å². The van der Waals surface area contributed by atoms with Gasteiger partial charge in [0, 0.05) is 25.6 Å². The summed E-state index contributed by atoms with van der Waals surface area (Å²) < 4.78 is 0. The lowest BCUT2D eigenvalue weighted by atomic mass is 10.0. The monoisotopic (exact) mass is 301 g/mol. The van der Waals surface area contributed by atoms with E-state index in [2.05, 4.69) is 41.1 Å². The number of aromatic nitrogens is 2. The molecule has 1 aromatic heterocycles. The van der Waals surface area contributed by atoms with Crippen molar-refractivity contribution in [2.75, 3.05) is 11.4 Å². The summed E-state index contributed by atoms with van der Waals surface area (Å²) in [5.74, 6) is 1.80. The Bertz CT molecular complexity index is 627. The second-order valence-corrected chi connectivity index (χ2v) is 5.90. The van der Waals surface area contributed by atoms with Crippen LogP contribution in [0.1, 0.15) is 36.7 Å². The van der Waals surface area contributed by atoms with Crippen LogP contribution in [0, 0.1) is 0 Å². The maximum absolute atomic E-state index is 6.17. The lowest BCUT2D eigenvalue weighted by molar-refractivity contribution is 0.741. The van der Waals surface area contributed by atoms with Crippen LogP contribution in [-0.4, -0.2) is 16.5 Å². The highest BCUT2D eigenvalue weighted by Gasteiger charge is 2.16. The molecule has 1 aliphatic rings. The van der Waals surface area contributed by atoms with Gasteiger partial charge in [-0.1, -0.05) is 42.8 Å². The van der Waals surface area contributed by atoms with Crippen molar-refractivity contribution in [1.82, 2.24) is 9.97 Å². The molecule has 0 saturated heterocycles. The minimum atomic E-state index is 0.543. The molecule has 0 atom stereocenters. The molecule has 3 nitrogen and oxygen atoms in total. The van der Waals surface area contributed by atoms with E-state index >= 15 is 0 Å². The molecule has 1 aliphatic heterocycles. The van der Waals surface area contributed by atoms with Gasteiger partial charge < -0.3 is 4.90 Å². The van der Waals surface area contributed by atoms with Crippen molar-refractivity contribution in [3.05, 3.63) is 52.4 Å². The smallest absolute Gasteiger partial charge is 0.134 e. The number of aryl methyl sites for hydroxylation is 2. The molecular weight excluding hydrogens is 282 g/mol. The van der Waals surface area contributed by atoms with Crippen LogP contribution in [0.3, 0.4) is 0 Å². The lowest BCUT2D eigenvalue weighted by Gasteiger charge is -2.22. The van der Waals surface area contributed by atoms with Gasteiger partial charge in [-0.25, -0.2) is 9.97 Å². The summed E-state index contributed by atoms with van der Waals surface area (Å²) >= 11 is 6.17. The summed E-state index contributed by atoms with van der Waals surface area (Å²) in [5.41, 5.74) is 2.84. The summed E-state index contributed by atoms with van der Waals surface area (Å²) in [6, 6.07) is 10.6. The van der Waals surface area contributed by atoms with Crippen LogP contribution in [0.15, 0.2) is 30.3 Å². The van der Waals surface area contributed by atoms with Gasteiger partial charge in [0.1, 0.15) is 16.8 Å². The Morgan fingerprint density at radius 2 is 2.00 bits per heavy atom. The third-order valence-corrected chi connectivity index (χ3v) is 4.07. The summed E-state index contributed by atoms with van der Waals surface area (Å²) in [5, 5.41) is 0.543. The van der Waals surface area contributed by atoms with Crippen molar-refractivity contribution >= 4 is 17.4 Å². The first kappa shape index (κ1) is 14.3. The van der Waals surface area contributed by atoms with Gasteiger partial charge in [-0.05, 0) is 30.4 Å². The number of rotatable bonds is 3. The highest BCUT2D eigenvalue weighted by Crippen LogP contribution is 2.24. The van der Waals surface area contributed by atoms with Crippen LogP contribution < -0.4 is 4.90 Å². The van der Waals surface area contributed by atoms with E-state index in [9.17, 15) is 0 Å². The van der Waals surface area contributed by atoms with Crippen LogP contribution in [0.25, 0.3) is 0 Å². The molecule has 2 heterocycles. The van der Waals surface area contributed by atoms with Crippen molar-refractivity contribution in [3.63, 3.8) is 0 Å². The van der Waals surface area contributed by atoms with Gasteiger partial charge in [-0.2, -0.15) is 0 Å². The number of fused-ring (bicyclic) bond motifs is 1. The maximum atomic E-state index is 6.17. The van der Waals surface area contributed by atoms with Crippen molar-refractivity contribution in [3.8, 4) is 0 Å². The molecule has 0 N–H and O–H groups in total. The van der Waals surface area contributed by atoms with Gasteiger partial charge in [0.15, 0.2) is 0 Å². The molecule has 0 saturated carbocycles. The van der Waals surface area contributed by atoms with Crippen LogP contribution in [0.5, 0.6) is 0 Å². The zero-order valence-electron chi connectivity index (χ0n) is 12.3. The summed E-state index contributed by atoms with van der Waals surface area (Å²) in [4.78, 5) is 11.3. The standard InChI is InChI=1S/C17H20ClN3/c1-2-6-16-19-15(18)11-17(20-16)21-10-5-9-13-7-3-4-8-14(13)12-21/h3-4,7-8,11H,2,5-6,9-10,12H2,1H3. The van der Waals surface area contributed by atoms with Gasteiger partial charge in [0.25, 0.3) is 0 Å². The van der Waals surface area contributed by atoms with E-state index in [0.29, 0.717) is 5.15 Å². The quantitative estimate of drug-likeness (QED) is 0.801. The van der Waals surface area contributed by atoms with Gasteiger partial charge in [0.05, 0.1) is 0 Å². The van der Waals surface area contributed by atoms with Crippen LogP contribution in [0.2, 0.25) is 5.15 Å². The Labute approximate surface area is 131 Å². The number of hydrogen-bond acceptors (Lipinski definition) is 3. The molecule has 0 unspecified atom stereocenters. The number of nitrogens with zero attached hydrogens (tertiary/aromatic N) is 3. The summed E-state index contributed by atoms with van der Waals surface area (Å²) in [7, 11) is 0. The Morgan fingerprint density at radius 3 is 2.81 bits per heavy atom. The van der Waals surface area contributed by atoms with Crippen molar-refractivity contribution < 1.29 is 0 Å². The average molecular weight is 302 g/mol. The Kier molecular flexibility index (Phi) is 4.39. The molecule has 21 heavy (non-hydrogen) atoms. The van der Waals surface area contributed by atoms with E-state index in [1.54, 1.807) is 0 Å². The first-order chi connectivity index (χ1) is 10.3. The molecule has 110 valence electrons. The fourth-order valence-electron chi connectivity index (χ4n) is 2.85. The molecular formula is C17H20ClN3. The molecule has 0 amide bonds. The SMILES string of the molecule is CCCc1nc(Cl)cc(N2CCCc3ccccc3C2)n1. The van der Waals surface area contributed by atoms with Crippen molar-refractivity contribution in [2.45, 2.75) is 39.2 Å². The Hall–Kier alpha value is -1.61. The third-order valence-electron chi connectivity index (χ3n) is 3.88. The summed E-state index contributed by atoms with van der Waals surface area (Å²) in [6.45, 7) is 4.04. The molecule has 0 radical (unpaired) electrons. The number of benzene rings is 1. The normalized spacial score (nSPS) is 14.7. The lowest BCUT2D eigenvalue weighted by Crippen LogP contribution is -2.24. The topological polar surface area (TPSA) is 29.0 Å². The van der Waals surface area contributed by atoms with E-state index in [1.807, 2.05) is 6.07 Å². The van der Waals surface area contributed by atoms with E-state index in [0.717, 1.165) is 50.4 Å². The maximum Gasteiger partial charge on any atom is 0.134 e. The zero-order valence-corrected chi connectivity index (χ0v) is 13.1. The highest BCUT2D eigenvalue weighted by atomic mass is 35.5. The predicted octanol–water partition coefficient (Wildman–Crippen LogP) is 4.04. The minimum Gasteiger partial charge on any atom is -0.352 e. The predicted molar refractivity (Wildman–Crippen MR) is 86.9 cm³/mol. The van der Waals surface area contributed by atoms with Crippen molar-refractivity contribution in [2.24, 2.45) is 0 Å². The Balaban J connectivity index is 1.90. The zero-order chi connectivity index (χ0) is 14.7. The second kappa shape index (κ2) is 6.44. The van der Waals surface area contributed by atoms with Crippen molar-refractivity contribution in [1.29, 1.82) is 0 Å². The number of halogens is 1. The molecule has 0 fully saturated rings. The first-order valence-electron chi connectivity index (χ1n) is 7.61. The van der Waals surface area contributed by atoms with E-state index in [4.69, 9.17) is 16.6 Å². The van der Waals surface area contributed by atoms with Gasteiger partial charge in [0.2, 0.25) is 0 Å². The van der Waals surface area contributed by atoms with E-state index < -0.39 is 0 Å². The summed E-state index contributed by atoms with van der Waals surface area (Å²) in [6.07, 6.45) is 4.18. The van der Waals surface area contributed by atoms with Gasteiger partial charge in [-0.15, -0.1) is 0 Å². The molecule has 2 aromatic rings. The molecule has 0 bridgehead atoms. The minimum absolute atomic E-state index is 0.543. The molecule has 0 spiro atoms. The number of hydrogen-bond donors (Lipinski definition) is 0. The fraction of sp³-hybridized carbons (Fsp3) is 0.412. The van der Waals surface area contributed by atoms with E-state index in [-0.39, 0.29) is 0 Å². The van der Waals surface area contributed by atoms with Crippen LogP contribution in [-0.2, 0) is 19.4 Å². The molecule has 4 heteroatoms. The molecule has 1 aromatic carbocycles.